The molecule has 0 fully saturated rings. The molecule has 1 aromatic heterocycles. The van der Waals surface area contributed by atoms with Crippen LogP contribution in [0, 0.1) is 11.8 Å². The summed E-state index contributed by atoms with van der Waals surface area (Å²) < 4.78 is 0. The summed E-state index contributed by atoms with van der Waals surface area (Å²) in [4.78, 5) is 4.47. The number of aliphatic hydroxyl groups is 2. The highest BCUT2D eigenvalue weighted by atomic mass is 16.3. The molecule has 1 aromatic rings. The Labute approximate surface area is 153 Å². The minimum Gasteiger partial charge on any atom is -0.396 e. The van der Waals surface area contributed by atoms with E-state index in [1.807, 2.05) is 24.3 Å². The van der Waals surface area contributed by atoms with Gasteiger partial charge >= 0.3 is 0 Å². The molecule has 3 heteroatoms. The van der Waals surface area contributed by atoms with Crippen molar-refractivity contribution < 1.29 is 10.2 Å². The van der Waals surface area contributed by atoms with Gasteiger partial charge in [0.25, 0.3) is 0 Å². The summed E-state index contributed by atoms with van der Waals surface area (Å²) in [5, 5.41) is 18.7. The average molecular weight is 344 g/mol. The maximum atomic E-state index is 9.97. The van der Waals surface area contributed by atoms with Crippen LogP contribution in [0.4, 0.5) is 0 Å². The Bertz CT molecular complexity index is 542. The lowest BCUT2D eigenvalue weighted by molar-refractivity contribution is 0.217. The van der Waals surface area contributed by atoms with Crippen molar-refractivity contribution >= 4 is 6.08 Å². The van der Waals surface area contributed by atoms with Crippen molar-refractivity contribution in [2.45, 2.75) is 77.2 Å². The third-order valence-electron chi connectivity index (χ3n) is 4.04. The van der Waals surface area contributed by atoms with Gasteiger partial charge in [0.1, 0.15) is 11.8 Å². The SMILES string of the molecule is CCCCCCCCC(O)C#Cc1cccc(/C=C/CCCCO)n1. The summed E-state index contributed by atoms with van der Waals surface area (Å²) in [5.74, 6) is 5.88. The molecule has 0 saturated heterocycles. The zero-order valence-electron chi connectivity index (χ0n) is 15.6. The number of pyridine rings is 1. The molecule has 0 spiro atoms. The molecule has 25 heavy (non-hydrogen) atoms. The monoisotopic (exact) mass is 343 g/mol. The van der Waals surface area contributed by atoms with Crippen molar-refractivity contribution in [3.63, 3.8) is 0 Å². The van der Waals surface area contributed by atoms with Crippen LogP contribution in [0.15, 0.2) is 24.3 Å². The quantitative estimate of drug-likeness (QED) is 0.426. The molecule has 2 N–H and O–H groups in total. The van der Waals surface area contributed by atoms with Crippen LogP contribution in [0.25, 0.3) is 6.08 Å². The van der Waals surface area contributed by atoms with E-state index in [-0.39, 0.29) is 6.61 Å². The number of hydrogen-bond acceptors (Lipinski definition) is 3. The van der Waals surface area contributed by atoms with E-state index < -0.39 is 6.10 Å². The molecule has 0 aliphatic heterocycles. The number of aliphatic hydroxyl groups excluding tert-OH is 2. The van der Waals surface area contributed by atoms with Gasteiger partial charge < -0.3 is 10.2 Å². The van der Waals surface area contributed by atoms with Gasteiger partial charge in [0, 0.05) is 6.61 Å². The van der Waals surface area contributed by atoms with Gasteiger partial charge in [0.15, 0.2) is 0 Å². The van der Waals surface area contributed by atoms with Crippen LogP contribution >= 0.6 is 0 Å². The Morgan fingerprint density at radius 3 is 2.68 bits per heavy atom. The van der Waals surface area contributed by atoms with Gasteiger partial charge in [0.2, 0.25) is 0 Å². The lowest BCUT2D eigenvalue weighted by Gasteiger charge is -2.03. The first-order valence-electron chi connectivity index (χ1n) is 9.70. The average Bonchev–Trinajstić information content (AvgIpc) is 2.63. The number of allylic oxidation sites excluding steroid dienone is 1. The van der Waals surface area contributed by atoms with E-state index in [4.69, 9.17) is 5.11 Å². The largest absolute Gasteiger partial charge is 0.396 e. The summed E-state index contributed by atoms with van der Waals surface area (Å²) >= 11 is 0. The van der Waals surface area contributed by atoms with E-state index in [0.717, 1.165) is 37.8 Å². The molecule has 3 nitrogen and oxygen atoms in total. The van der Waals surface area contributed by atoms with E-state index in [1.165, 1.54) is 32.1 Å². The Morgan fingerprint density at radius 2 is 1.88 bits per heavy atom. The first-order chi connectivity index (χ1) is 12.3. The van der Waals surface area contributed by atoms with Gasteiger partial charge in [-0.25, -0.2) is 4.98 Å². The Balaban J connectivity index is 2.36. The number of unbranched alkanes of at least 4 members (excludes halogenated alkanes) is 7. The molecule has 1 rings (SSSR count). The van der Waals surface area contributed by atoms with E-state index in [0.29, 0.717) is 5.69 Å². The van der Waals surface area contributed by atoms with Crippen LogP contribution in [0.5, 0.6) is 0 Å². The number of rotatable bonds is 12. The molecule has 1 unspecified atom stereocenters. The van der Waals surface area contributed by atoms with Crippen molar-refractivity contribution in [2.75, 3.05) is 6.61 Å². The highest BCUT2D eigenvalue weighted by Gasteiger charge is 1.99. The Kier molecular flexibility index (Phi) is 12.6. The lowest BCUT2D eigenvalue weighted by Crippen LogP contribution is -2.02. The second-order valence-corrected chi connectivity index (χ2v) is 6.41. The zero-order valence-corrected chi connectivity index (χ0v) is 15.6. The van der Waals surface area contributed by atoms with Crippen LogP contribution < -0.4 is 0 Å². The van der Waals surface area contributed by atoms with Gasteiger partial charge in [-0.1, -0.05) is 57.1 Å². The van der Waals surface area contributed by atoms with Gasteiger partial charge in [0.05, 0.1) is 5.69 Å². The number of aromatic nitrogens is 1. The van der Waals surface area contributed by atoms with Crippen molar-refractivity contribution in [2.24, 2.45) is 0 Å². The highest BCUT2D eigenvalue weighted by Crippen LogP contribution is 2.08. The van der Waals surface area contributed by atoms with Crippen LogP contribution in [-0.2, 0) is 0 Å². The van der Waals surface area contributed by atoms with Crippen molar-refractivity contribution in [1.29, 1.82) is 0 Å². The maximum Gasteiger partial charge on any atom is 0.115 e. The molecule has 1 heterocycles. The van der Waals surface area contributed by atoms with Crippen molar-refractivity contribution in [1.82, 2.24) is 4.98 Å². The van der Waals surface area contributed by atoms with Gasteiger partial charge in [-0.3, -0.25) is 0 Å². The van der Waals surface area contributed by atoms with E-state index in [2.05, 4.69) is 29.8 Å². The first kappa shape index (κ1) is 21.4. The molecule has 0 aliphatic carbocycles. The third kappa shape index (κ3) is 11.5. The molecular formula is C22H33NO2. The Hall–Kier alpha value is -1.63. The fourth-order valence-corrected chi connectivity index (χ4v) is 2.54. The molecule has 0 radical (unpaired) electrons. The second-order valence-electron chi connectivity index (χ2n) is 6.41. The molecule has 138 valence electrons. The predicted octanol–water partition coefficient (Wildman–Crippen LogP) is 4.72. The summed E-state index contributed by atoms with van der Waals surface area (Å²) in [5.41, 5.74) is 1.57. The second kappa shape index (κ2) is 14.7. The molecule has 0 saturated carbocycles. The summed E-state index contributed by atoms with van der Waals surface area (Å²) in [6, 6.07) is 5.75. The van der Waals surface area contributed by atoms with E-state index >= 15 is 0 Å². The van der Waals surface area contributed by atoms with Crippen molar-refractivity contribution in [3.05, 3.63) is 35.7 Å². The molecule has 0 bridgehead atoms. The summed E-state index contributed by atoms with van der Waals surface area (Å²) in [6.07, 6.45) is 14.3. The lowest BCUT2D eigenvalue weighted by atomic mass is 10.1. The van der Waals surface area contributed by atoms with Crippen LogP contribution in [0.2, 0.25) is 0 Å². The molecule has 1 atom stereocenters. The topological polar surface area (TPSA) is 53.4 Å². The molecule has 0 aromatic carbocycles. The minimum absolute atomic E-state index is 0.248. The van der Waals surface area contributed by atoms with Crippen molar-refractivity contribution in [3.8, 4) is 11.8 Å². The predicted molar refractivity (Wildman–Crippen MR) is 105 cm³/mol. The molecule has 0 aliphatic rings. The fourth-order valence-electron chi connectivity index (χ4n) is 2.54. The minimum atomic E-state index is -0.564. The van der Waals surface area contributed by atoms with Crippen LogP contribution in [0.1, 0.15) is 82.5 Å². The van der Waals surface area contributed by atoms with Crippen LogP contribution in [-0.4, -0.2) is 27.9 Å². The third-order valence-corrected chi connectivity index (χ3v) is 4.04. The highest BCUT2D eigenvalue weighted by molar-refractivity contribution is 5.46. The fraction of sp³-hybridized carbons (Fsp3) is 0.591. The van der Waals surface area contributed by atoms with E-state index in [1.54, 1.807) is 0 Å². The van der Waals surface area contributed by atoms with Gasteiger partial charge in [-0.2, -0.15) is 0 Å². The normalized spacial score (nSPS) is 12.1. The molecule has 0 amide bonds. The van der Waals surface area contributed by atoms with Crippen LogP contribution in [0.3, 0.4) is 0 Å². The zero-order chi connectivity index (χ0) is 18.2. The van der Waals surface area contributed by atoms with Gasteiger partial charge in [-0.05, 0) is 56.2 Å². The standard InChI is InChI=1S/C22H33NO2/c1-2-3-4-5-6-10-16-22(25)18-17-21-15-12-14-20(23-21)13-9-7-8-11-19-24/h9,12-15,22,24-25H,2-8,10-11,16,19H2,1H3/b13-9+. The maximum absolute atomic E-state index is 9.97. The number of hydrogen-bond donors (Lipinski definition) is 2. The Morgan fingerprint density at radius 1 is 1.08 bits per heavy atom. The van der Waals surface area contributed by atoms with Gasteiger partial charge in [-0.15, -0.1) is 0 Å². The summed E-state index contributed by atoms with van der Waals surface area (Å²) in [6.45, 7) is 2.47. The molecular weight excluding hydrogens is 310 g/mol. The smallest absolute Gasteiger partial charge is 0.115 e. The first-order valence-corrected chi connectivity index (χ1v) is 9.70. The number of nitrogens with zero attached hydrogens (tertiary/aromatic N) is 1. The summed E-state index contributed by atoms with van der Waals surface area (Å²) in [7, 11) is 0. The van der Waals surface area contributed by atoms with E-state index in [9.17, 15) is 5.11 Å².